The molecule has 0 atom stereocenters. The molecule has 9 heteroatoms. The lowest BCUT2D eigenvalue weighted by atomic mass is 10.2. The summed E-state index contributed by atoms with van der Waals surface area (Å²) in [6.07, 6.45) is 0. The lowest BCUT2D eigenvalue weighted by Gasteiger charge is -2.03. The molecule has 2 aromatic carbocycles. The van der Waals surface area contributed by atoms with Gasteiger partial charge in [0.1, 0.15) is 17.9 Å². The van der Waals surface area contributed by atoms with Gasteiger partial charge < -0.3 is 4.74 Å². The number of aromatic nitrogens is 1. The molecule has 1 heterocycles. The summed E-state index contributed by atoms with van der Waals surface area (Å²) in [5.74, 6) is 0.400. The van der Waals surface area contributed by atoms with E-state index in [0.717, 1.165) is 4.70 Å². The second-order valence-corrected chi connectivity index (χ2v) is 6.21. The van der Waals surface area contributed by atoms with Crippen molar-refractivity contribution >= 4 is 44.0 Å². The van der Waals surface area contributed by atoms with Gasteiger partial charge in [-0.2, -0.15) is 15.6 Å². The van der Waals surface area contributed by atoms with Crippen molar-refractivity contribution in [2.75, 3.05) is 17.9 Å². The van der Waals surface area contributed by atoms with Crippen molar-refractivity contribution in [1.82, 2.24) is 4.98 Å². The largest absolute Gasteiger partial charge is 0.497 e. The summed E-state index contributed by atoms with van der Waals surface area (Å²) in [6, 6.07) is 15.3. The average Bonchev–Trinajstić information content (AvgIpc) is 3.10. The van der Waals surface area contributed by atoms with Gasteiger partial charge in [0.2, 0.25) is 5.71 Å². The van der Waals surface area contributed by atoms with Crippen LogP contribution in [0.3, 0.4) is 0 Å². The van der Waals surface area contributed by atoms with Crippen molar-refractivity contribution in [3.05, 3.63) is 48.0 Å². The highest BCUT2D eigenvalue weighted by atomic mass is 32.1. The van der Waals surface area contributed by atoms with Gasteiger partial charge in [-0.15, -0.1) is 0 Å². The second kappa shape index (κ2) is 7.95. The minimum atomic E-state index is -0.271. The summed E-state index contributed by atoms with van der Waals surface area (Å²) in [5.41, 5.74) is 4.18. The van der Waals surface area contributed by atoms with Crippen molar-refractivity contribution < 1.29 is 9.53 Å². The summed E-state index contributed by atoms with van der Waals surface area (Å²) in [5, 5.41) is 24.3. The molecule has 3 aromatic rings. The molecule has 0 aliphatic heterocycles. The van der Waals surface area contributed by atoms with Crippen LogP contribution in [-0.4, -0.2) is 23.7 Å². The summed E-state index contributed by atoms with van der Waals surface area (Å²) >= 11 is 1.30. The number of hydrazone groups is 1. The second-order valence-electron chi connectivity index (χ2n) is 5.18. The molecule has 132 valence electrons. The van der Waals surface area contributed by atoms with Crippen LogP contribution in [0.25, 0.3) is 10.2 Å². The van der Waals surface area contributed by atoms with Crippen molar-refractivity contribution in [2.45, 2.75) is 0 Å². The molecule has 0 saturated heterocycles. The van der Waals surface area contributed by atoms with E-state index in [0.29, 0.717) is 27.6 Å². The zero-order valence-corrected chi connectivity index (χ0v) is 14.9. The number of nitrogens with one attached hydrogen (secondary N) is 2. The predicted molar refractivity (Wildman–Crippen MR) is 103 cm³/mol. The molecule has 8 nitrogen and oxygen atoms in total. The maximum absolute atomic E-state index is 12.3. The number of hydrogen-bond acceptors (Lipinski definition) is 8. The fourth-order valence-electron chi connectivity index (χ4n) is 2.15. The Labute approximate surface area is 158 Å². The number of amides is 1. The Morgan fingerprint density at radius 3 is 2.59 bits per heavy atom. The fraction of sp³-hybridized carbons (Fsp3) is 0.0556. The number of rotatable bonds is 5. The Bertz CT molecular complexity index is 1090. The molecule has 0 spiro atoms. The van der Waals surface area contributed by atoms with Crippen LogP contribution in [0.15, 0.2) is 47.6 Å². The van der Waals surface area contributed by atoms with Crippen LogP contribution < -0.4 is 15.5 Å². The quantitative estimate of drug-likeness (QED) is 0.520. The molecule has 0 radical (unpaired) electrons. The first kappa shape index (κ1) is 17.9. The van der Waals surface area contributed by atoms with Gasteiger partial charge in [0.25, 0.3) is 5.91 Å². The van der Waals surface area contributed by atoms with E-state index in [9.17, 15) is 4.79 Å². The molecule has 0 aliphatic rings. The number of thiazole rings is 1. The van der Waals surface area contributed by atoms with E-state index in [4.69, 9.17) is 15.3 Å². The van der Waals surface area contributed by atoms with Crippen LogP contribution in [-0.2, 0) is 0 Å². The average molecular weight is 376 g/mol. The molecular weight excluding hydrogens is 364 g/mol. The molecule has 27 heavy (non-hydrogen) atoms. The van der Waals surface area contributed by atoms with Gasteiger partial charge in [0.15, 0.2) is 5.13 Å². The first-order chi connectivity index (χ1) is 13.1. The number of nitriles is 2. The lowest BCUT2D eigenvalue weighted by molar-refractivity contribution is 0.102. The highest BCUT2D eigenvalue weighted by Gasteiger charge is 2.10. The first-order valence-corrected chi connectivity index (χ1v) is 8.44. The number of anilines is 2. The highest BCUT2D eigenvalue weighted by molar-refractivity contribution is 7.22. The third kappa shape index (κ3) is 4.18. The fourth-order valence-corrected chi connectivity index (χ4v) is 3.05. The monoisotopic (exact) mass is 376 g/mol. The number of benzene rings is 2. The number of nitrogens with zero attached hydrogens (tertiary/aromatic N) is 4. The summed E-state index contributed by atoms with van der Waals surface area (Å²) < 4.78 is 5.89. The van der Waals surface area contributed by atoms with Gasteiger partial charge in [-0.1, -0.05) is 11.3 Å². The Balaban J connectivity index is 1.76. The minimum absolute atomic E-state index is 0.271. The molecule has 0 saturated carbocycles. The first-order valence-electron chi connectivity index (χ1n) is 7.63. The minimum Gasteiger partial charge on any atom is -0.497 e. The van der Waals surface area contributed by atoms with E-state index in [1.807, 2.05) is 0 Å². The van der Waals surface area contributed by atoms with Gasteiger partial charge in [0.05, 0.1) is 23.0 Å². The molecule has 0 bridgehead atoms. The van der Waals surface area contributed by atoms with Gasteiger partial charge in [-0.25, -0.2) is 4.98 Å². The van der Waals surface area contributed by atoms with E-state index in [2.05, 4.69) is 20.8 Å². The van der Waals surface area contributed by atoms with E-state index >= 15 is 0 Å². The molecule has 3 rings (SSSR count). The van der Waals surface area contributed by atoms with Gasteiger partial charge >= 0.3 is 0 Å². The molecular formula is C18H12N6O2S. The summed E-state index contributed by atoms with van der Waals surface area (Å²) in [6.45, 7) is 0. The van der Waals surface area contributed by atoms with Gasteiger partial charge in [-0.3, -0.25) is 15.5 Å². The van der Waals surface area contributed by atoms with Crippen LogP contribution in [0.5, 0.6) is 5.75 Å². The van der Waals surface area contributed by atoms with Crippen LogP contribution in [0.1, 0.15) is 10.4 Å². The van der Waals surface area contributed by atoms with Crippen LogP contribution >= 0.6 is 11.3 Å². The van der Waals surface area contributed by atoms with Crippen molar-refractivity contribution in [2.24, 2.45) is 5.10 Å². The molecule has 1 amide bonds. The number of fused-ring (bicyclic) bond motifs is 1. The summed E-state index contributed by atoms with van der Waals surface area (Å²) in [4.78, 5) is 16.7. The number of carbonyl (C=O) groups excluding carboxylic acids is 1. The normalized spacial score (nSPS) is 9.74. The standard InChI is InChI=1S/C18H12N6O2S/c1-26-14-5-2-11(3-6-14)17(25)22-18-21-15-7-4-12(8-16(15)27-18)23-24-13(9-19)10-20/h2-8,23H,1H3,(H,21,22,25). The molecule has 1 aromatic heterocycles. The third-order valence-corrected chi connectivity index (χ3v) is 4.40. The van der Waals surface area contributed by atoms with E-state index in [-0.39, 0.29) is 11.6 Å². The number of hydrogen-bond donors (Lipinski definition) is 2. The van der Waals surface area contributed by atoms with Crippen LogP contribution in [0.2, 0.25) is 0 Å². The molecule has 0 fully saturated rings. The predicted octanol–water partition coefficient (Wildman–Crippen LogP) is 3.37. The Kier molecular flexibility index (Phi) is 5.26. The van der Waals surface area contributed by atoms with E-state index < -0.39 is 0 Å². The van der Waals surface area contributed by atoms with E-state index in [1.54, 1.807) is 61.7 Å². The molecule has 0 unspecified atom stereocenters. The zero-order valence-electron chi connectivity index (χ0n) is 14.1. The van der Waals surface area contributed by atoms with Crippen molar-refractivity contribution in [3.8, 4) is 17.9 Å². The van der Waals surface area contributed by atoms with Gasteiger partial charge in [0, 0.05) is 5.56 Å². The maximum atomic E-state index is 12.3. The molecule has 0 aliphatic carbocycles. The zero-order chi connectivity index (χ0) is 19.2. The van der Waals surface area contributed by atoms with Crippen LogP contribution in [0.4, 0.5) is 10.8 Å². The topological polar surface area (TPSA) is 123 Å². The Hall–Kier alpha value is -3.95. The smallest absolute Gasteiger partial charge is 0.257 e. The SMILES string of the molecule is COc1ccc(C(=O)Nc2nc3ccc(NN=C(C#N)C#N)cc3s2)cc1. The van der Waals surface area contributed by atoms with Crippen molar-refractivity contribution in [1.29, 1.82) is 10.5 Å². The Morgan fingerprint density at radius 1 is 1.19 bits per heavy atom. The maximum Gasteiger partial charge on any atom is 0.257 e. The van der Waals surface area contributed by atoms with E-state index in [1.165, 1.54) is 11.3 Å². The Morgan fingerprint density at radius 2 is 1.93 bits per heavy atom. The number of methoxy groups -OCH3 is 1. The summed E-state index contributed by atoms with van der Waals surface area (Å²) in [7, 11) is 1.56. The third-order valence-electron chi connectivity index (χ3n) is 3.47. The number of ether oxygens (including phenoxy) is 1. The van der Waals surface area contributed by atoms with Crippen molar-refractivity contribution in [3.63, 3.8) is 0 Å². The number of carbonyl (C=O) groups is 1. The van der Waals surface area contributed by atoms with Crippen LogP contribution in [0, 0.1) is 22.7 Å². The highest BCUT2D eigenvalue weighted by Crippen LogP contribution is 2.28. The lowest BCUT2D eigenvalue weighted by Crippen LogP contribution is -2.11. The van der Waals surface area contributed by atoms with Gasteiger partial charge in [-0.05, 0) is 42.5 Å². The molecule has 2 N–H and O–H groups in total.